The summed E-state index contributed by atoms with van der Waals surface area (Å²) in [5.41, 5.74) is 12.5. The van der Waals surface area contributed by atoms with Crippen LogP contribution in [0.1, 0.15) is 11.1 Å². The highest BCUT2D eigenvalue weighted by Crippen LogP contribution is 2.11. The molecule has 0 fully saturated rings. The molecule has 3 heteroatoms. The van der Waals surface area contributed by atoms with E-state index in [1.165, 1.54) is 0 Å². The second-order valence-electron chi connectivity index (χ2n) is 2.42. The third-order valence-electron chi connectivity index (χ3n) is 1.49. The maximum absolute atomic E-state index is 8.72. The maximum Gasteiger partial charge on any atom is 0.100 e. The second-order valence-corrected chi connectivity index (χ2v) is 2.42. The summed E-state index contributed by atoms with van der Waals surface area (Å²) in [6.45, 7) is 0.277. The molecule has 0 saturated carbocycles. The zero-order chi connectivity index (χ0) is 9.68. The van der Waals surface area contributed by atoms with Gasteiger partial charge in [0.2, 0.25) is 0 Å². The second kappa shape index (κ2) is 4.15. The summed E-state index contributed by atoms with van der Waals surface area (Å²) in [4.78, 5) is 0. The molecule has 0 aromatic heterocycles. The molecule has 64 valence electrons. The first kappa shape index (κ1) is 9.12. The number of benzene rings is 1. The summed E-state index contributed by atoms with van der Waals surface area (Å²) in [5, 5.41) is 8.72. The van der Waals surface area contributed by atoms with Gasteiger partial charge >= 0.3 is 0 Å². The van der Waals surface area contributed by atoms with Crippen LogP contribution in [0.15, 0.2) is 18.2 Å². The van der Waals surface area contributed by atoms with Crippen molar-refractivity contribution in [3.63, 3.8) is 0 Å². The number of nitrogens with zero attached hydrogens (tertiary/aromatic N) is 1. The van der Waals surface area contributed by atoms with Gasteiger partial charge in [-0.2, -0.15) is 5.26 Å². The van der Waals surface area contributed by atoms with Gasteiger partial charge in [-0.3, -0.25) is 0 Å². The average molecular weight is 171 g/mol. The van der Waals surface area contributed by atoms with Gasteiger partial charge in [-0.15, -0.1) is 0 Å². The molecule has 0 aliphatic rings. The van der Waals surface area contributed by atoms with E-state index in [9.17, 15) is 0 Å². The number of rotatable bonds is 0. The molecule has 3 nitrogen and oxygen atoms in total. The van der Waals surface area contributed by atoms with Gasteiger partial charge < -0.3 is 11.5 Å². The first-order valence-corrected chi connectivity index (χ1v) is 3.76. The Kier molecular flexibility index (Phi) is 2.92. The Hall–Kier alpha value is -1.97. The standard InChI is InChI=1S/C10H9N3/c11-5-1-2-8-6-10(13)4-3-9(8)7-12/h3-4,6H,5,11,13H2. The lowest BCUT2D eigenvalue weighted by atomic mass is 10.1. The first-order chi connectivity index (χ1) is 6.27. The number of anilines is 1. The van der Waals surface area contributed by atoms with E-state index in [-0.39, 0.29) is 6.54 Å². The quantitative estimate of drug-likeness (QED) is 0.439. The van der Waals surface area contributed by atoms with Crippen LogP contribution in [0.4, 0.5) is 5.69 Å². The predicted molar refractivity (Wildman–Crippen MR) is 51.5 cm³/mol. The fraction of sp³-hybridized carbons (Fsp3) is 0.100. The molecule has 0 aliphatic carbocycles. The van der Waals surface area contributed by atoms with E-state index in [1.807, 2.05) is 6.07 Å². The summed E-state index contributed by atoms with van der Waals surface area (Å²) < 4.78 is 0. The lowest BCUT2D eigenvalue weighted by Crippen LogP contribution is -1.94. The molecule has 1 aromatic rings. The van der Waals surface area contributed by atoms with Crippen molar-refractivity contribution in [2.75, 3.05) is 12.3 Å². The Morgan fingerprint density at radius 2 is 2.08 bits per heavy atom. The number of nitriles is 1. The Balaban J connectivity index is 3.18. The van der Waals surface area contributed by atoms with Crippen molar-refractivity contribution in [2.45, 2.75) is 0 Å². The smallest absolute Gasteiger partial charge is 0.100 e. The van der Waals surface area contributed by atoms with Crippen molar-refractivity contribution in [2.24, 2.45) is 5.73 Å². The predicted octanol–water partition coefficient (Wildman–Crippen LogP) is 0.451. The van der Waals surface area contributed by atoms with Crippen molar-refractivity contribution in [1.82, 2.24) is 0 Å². The molecule has 0 aliphatic heterocycles. The molecule has 0 heterocycles. The minimum absolute atomic E-state index is 0.277. The summed E-state index contributed by atoms with van der Waals surface area (Å²) >= 11 is 0. The highest BCUT2D eigenvalue weighted by molar-refractivity contribution is 5.55. The van der Waals surface area contributed by atoms with E-state index in [4.69, 9.17) is 16.7 Å². The fourth-order valence-corrected chi connectivity index (χ4v) is 0.909. The van der Waals surface area contributed by atoms with Crippen molar-refractivity contribution < 1.29 is 0 Å². The van der Waals surface area contributed by atoms with Gasteiger partial charge in [-0.1, -0.05) is 11.8 Å². The number of hydrogen-bond acceptors (Lipinski definition) is 3. The van der Waals surface area contributed by atoms with Gasteiger partial charge in [-0.05, 0) is 18.2 Å². The van der Waals surface area contributed by atoms with Crippen molar-refractivity contribution in [1.29, 1.82) is 5.26 Å². The lowest BCUT2D eigenvalue weighted by molar-refractivity contribution is 1.30. The van der Waals surface area contributed by atoms with Gasteiger partial charge in [0.15, 0.2) is 0 Å². The molecule has 0 radical (unpaired) electrons. The fourth-order valence-electron chi connectivity index (χ4n) is 0.909. The van der Waals surface area contributed by atoms with E-state index in [1.54, 1.807) is 18.2 Å². The van der Waals surface area contributed by atoms with Crippen molar-refractivity contribution >= 4 is 5.69 Å². The Morgan fingerprint density at radius 1 is 1.31 bits per heavy atom. The Morgan fingerprint density at radius 3 is 2.69 bits per heavy atom. The van der Waals surface area contributed by atoms with Crippen LogP contribution in [-0.2, 0) is 0 Å². The summed E-state index contributed by atoms with van der Waals surface area (Å²) in [6.07, 6.45) is 0. The maximum atomic E-state index is 8.72. The Bertz CT molecular complexity index is 404. The average Bonchev–Trinajstić information content (AvgIpc) is 2.15. The molecule has 0 atom stereocenters. The van der Waals surface area contributed by atoms with E-state index < -0.39 is 0 Å². The molecule has 0 saturated heterocycles. The van der Waals surface area contributed by atoms with Crippen LogP contribution in [0.2, 0.25) is 0 Å². The zero-order valence-electron chi connectivity index (χ0n) is 7.04. The molecule has 13 heavy (non-hydrogen) atoms. The van der Waals surface area contributed by atoms with Crippen LogP contribution in [0.3, 0.4) is 0 Å². The van der Waals surface area contributed by atoms with E-state index in [0.29, 0.717) is 16.8 Å². The topological polar surface area (TPSA) is 75.8 Å². The third kappa shape index (κ3) is 2.23. The van der Waals surface area contributed by atoms with E-state index >= 15 is 0 Å². The highest BCUT2D eigenvalue weighted by Gasteiger charge is 1.97. The minimum Gasteiger partial charge on any atom is -0.399 e. The lowest BCUT2D eigenvalue weighted by Gasteiger charge is -1.96. The number of nitrogen functional groups attached to an aromatic ring is 1. The van der Waals surface area contributed by atoms with Crippen LogP contribution in [0.5, 0.6) is 0 Å². The molecule has 0 unspecified atom stereocenters. The minimum atomic E-state index is 0.277. The summed E-state index contributed by atoms with van der Waals surface area (Å²) in [7, 11) is 0. The molecule has 0 spiro atoms. The molecular formula is C10H9N3. The third-order valence-corrected chi connectivity index (χ3v) is 1.49. The molecular weight excluding hydrogens is 162 g/mol. The van der Waals surface area contributed by atoms with Gasteiger partial charge in [0, 0.05) is 11.3 Å². The van der Waals surface area contributed by atoms with Crippen LogP contribution < -0.4 is 11.5 Å². The van der Waals surface area contributed by atoms with Crippen LogP contribution in [0.25, 0.3) is 0 Å². The van der Waals surface area contributed by atoms with Crippen molar-refractivity contribution in [3.8, 4) is 17.9 Å². The van der Waals surface area contributed by atoms with Crippen LogP contribution in [0, 0.1) is 23.2 Å². The summed E-state index contributed by atoms with van der Waals surface area (Å²) in [6, 6.07) is 7.02. The normalized spacial score (nSPS) is 8.31. The van der Waals surface area contributed by atoms with E-state index in [2.05, 4.69) is 11.8 Å². The molecule has 1 rings (SSSR count). The van der Waals surface area contributed by atoms with Crippen LogP contribution in [-0.4, -0.2) is 6.54 Å². The molecule has 0 amide bonds. The SMILES string of the molecule is N#Cc1ccc(N)cc1C#CCN. The van der Waals surface area contributed by atoms with Gasteiger partial charge in [0.1, 0.15) is 6.07 Å². The summed E-state index contributed by atoms with van der Waals surface area (Å²) in [5.74, 6) is 5.46. The highest BCUT2D eigenvalue weighted by atomic mass is 14.5. The van der Waals surface area contributed by atoms with Gasteiger partial charge in [0.05, 0.1) is 12.1 Å². The van der Waals surface area contributed by atoms with Crippen molar-refractivity contribution in [3.05, 3.63) is 29.3 Å². The Labute approximate surface area is 77.0 Å². The molecule has 4 N–H and O–H groups in total. The van der Waals surface area contributed by atoms with Crippen LogP contribution >= 0.6 is 0 Å². The monoisotopic (exact) mass is 171 g/mol. The van der Waals surface area contributed by atoms with Gasteiger partial charge in [0.25, 0.3) is 0 Å². The largest absolute Gasteiger partial charge is 0.399 e. The molecule has 0 bridgehead atoms. The number of hydrogen-bond donors (Lipinski definition) is 2. The molecule has 1 aromatic carbocycles. The number of nitrogens with two attached hydrogens (primary N) is 2. The van der Waals surface area contributed by atoms with Gasteiger partial charge in [-0.25, -0.2) is 0 Å². The first-order valence-electron chi connectivity index (χ1n) is 3.76. The zero-order valence-corrected chi connectivity index (χ0v) is 7.04. The van der Waals surface area contributed by atoms with E-state index in [0.717, 1.165) is 0 Å².